The molecule has 4 heteroatoms. The van der Waals surface area contributed by atoms with Gasteiger partial charge in [-0.2, -0.15) is 0 Å². The molecule has 0 aromatic heterocycles. The summed E-state index contributed by atoms with van der Waals surface area (Å²) >= 11 is 0. The first-order valence-corrected chi connectivity index (χ1v) is 15.7. The lowest BCUT2D eigenvalue weighted by Gasteiger charge is -2.22. The minimum absolute atomic E-state index is 0.0534. The lowest BCUT2D eigenvalue weighted by molar-refractivity contribution is -0.123. The van der Waals surface area contributed by atoms with Crippen molar-refractivity contribution in [1.29, 1.82) is 0 Å². The maximum Gasteiger partial charge on any atom is 0.220 e. The number of aliphatic hydroxyl groups is 2. The molecule has 2 atom stereocenters. The summed E-state index contributed by atoms with van der Waals surface area (Å²) in [5.74, 6) is -0.0534. The highest BCUT2D eigenvalue weighted by molar-refractivity contribution is 5.76. The summed E-state index contributed by atoms with van der Waals surface area (Å²) in [4.78, 5) is 12.2. The number of unbranched alkanes of at least 4 members (excludes halogenated alkanes) is 14. The van der Waals surface area contributed by atoms with E-state index in [1.807, 2.05) is 0 Å². The molecule has 0 aromatic rings. The van der Waals surface area contributed by atoms with Crippen molar-refractivity contribution >= 4 is 5.91 Å². The molecular weight excluding hydrogens is 458 g/mol. The van der Waals surface area contributed by atoms with E-state index in [-0.39, 0.29) is 12.5 Å². The third-order valence-electron chi connectivity index (χ3n) is 6.92. The number of hydrogen-bond acceptors (Lipinski definition) is 3. The zero-order valence-corrected chi connectivity index (χ0v) is 24.5. The van der Waals surface area contributed by atoms with Crippen LogP contribution in [0.1, 0.15) is 149 Å². The summed E-state index contributed by atoms with van der Waals surface area (Å²) in [5, 5.41) is 22.9. The van der Waals surface area contributed by atoms with Crippen LogP contribution in [0.4, 0.5) is 0 Å². The fourth-order valence-electron chi connectivity index (χ4n) is 4.49. The number of carbonyl (C=O) groups excluding carboxylic acids is 1. The SMILES string of the molecule is CC/C=C\C/C=C\C/C=C\CCCCCCCC(=O)NC(CO)C(O)CCCCCCCCCCCC. The van der Waals surface area contributed by atoms with Crippen molar-refractivity contribution in [2.75, 3.05) is 6.61 Å². The molecule has 0 rings (SSSR count). The predicted molar refractivity (Wildman–Crippen MR) is 161 cm³/mol. The van der Waals surface area contributed by atoms with Gasteiger partial charge in [-0.15, -0.1) is 0 Å². The Morgan fingerprint density at radius 2 is 1.19 bits per heavy atom. The summed E-state index contributed by atoms with van der Waals surface area (Å²) in [6.45, 7) is 4.20. The summed E-state index contributed by atoms with van der Waals surface area (Å²) in [7, 11) is 0. The summed E-state index contributed by atoms with van der Waals surface area (Å²) in [5.41, 5.74) is 0. The molecule has 0 saturated heterocycles. The zero-order chi connectivity index (χ0) is 27.2. The zero-order valence-electron chi connectivity index (χ0n) is 24.5. The van der Waals surface area contributed by atoms with Gasteiger partial charge < -0.3 is 15.5 Å². The first-order chi connectivity index (χ1) is 18.2. The number of carbonyl (C=O) groups is 1. The molecule has 37 heavy (non-hydrogen) atoms. The first kappa shape index (κ1) is 35.6. The van der Waals surface area contributed by atoms with Crippen LogP contribution < -0.4 is 5.32 Å². The van der Waals surface area contributed by atoms with Crippen LogP contribution in [0.25, 0.3) is 0 Å². The minimum atomic E-state index is -0.663. The number of nitrogens with one attached hydrogen (secondary N) is 1. The molecule has 3 N–H and O–H groups in total. The van der Waals surface area contributed by atoms with E-state index >= 15 is 0 Å². The molecule has 0 spiro atoms. The van der Waals surface area contributed by atoms with Gasteiger partial charge in [0, 0.05) is 6.42 Å². The molecule has 0 radical (unpaired) electrons. The second-order valence-electron chi connectivity index (χ2n) is 10.5. The second kappa shape index (κ2) is 29.2. The van der Waals surface area contributed by atoms with Crippen molar-refractivity contribution in [3.63, 3.8) is 0 Å². The Labute approximate surface area is 230 Å². The normalized spacial score (nSPS) is 13.7. The standard InChI is InChI=1S/C33H61NO3/c1-3-5-7-9-11-13-15-16-17-18-19-21-23-25-27-29-33(37)34-31(30-35)32(36)28-26-24-22-20-14-12-10-8-6-4-2/h5,7,11,13,16-17,31-32,35-36H,3-4,6,8-10,12,14-15,18-30H2,1-2H3,(H,34,37)/b7-5-,13-11-,17-16-. The van der Waals surface area contributed by atoms with E-state index < -0.39 is 12.1 Å². The lowest BCUT2D eigenvalue weighted by Crippen LogP contribution is -2.45. The monoisotopic (exact) mass is 519 g/mol. The first-order valence-electron chi connectivity index (χ1n) is 15.7. The van der Waals surface area contributed by atoms with E-state index in [0.29, 0.717) is 12.8 Å². The third-order valence-corrected chi connectivity index (χ3v) is 6.92. The van der Waals surface area contributed by atoms with E-state index in [0.717, 1.165) is 57.8 Å². The largest absolute Gasteiger partial charge is 0.394 e. The van der Waals surface area contributed by atoms with Gasteiger partial charge in [0.25, 0.3) is 0 Å². The molecule has 0 aromatic carbocycles. The van der Waals surface area contributed by atoms with Crippen LogP contribution in [0.2, 0.25) is 0 Å². The Bertz CT molecular complexity index is 570. The molecule has 0 bridgehead atoms. The molecule has 0 aliphatic rings. The molecule has 4 nitrogen and oxygen atoms in total. The highest BCUT2D eigenvalue weighted by Crippen LogP contribution is 2.13. The van der Waals surface area contributed by atoms with Crippen LogP contribution in [0.5, 0.6) is 0 Å². The van der Waals surface area contributed by atoms with Crippen LogP contribution in [-0.4, -0.2) is 34.9 Å². The number of rotatable bonds is 27. The molecule has 1 amide bonds. The van der Waals surface area contributed by atoms with Crippen LogP contribution in [0, 0.1) is 0 Å². The van der Waals surface area contributed by atoms with Gasteiger partial charge in [-0.25, -0.2) is 0 Å². The molecule has 0 fully saturated rings. The summed E-state index contributed by atoms with van der Waals surface area (Å²) < 4.78 is 0. The third kappa shape index (κ3) is 26.0. The molecule has 0 heterocycles. The molecule has 0 saturated carbocycles. The van der Waals surface area contributed by atoms with Crippen molar-refractivity contribution in [3.05, 3.63) is 36.5 Å². The Hall–Kier alpha value is -1.39. The van der Waals surface area contributed by atoms with E-state index in [4.69, 9.17) is 0 Å². The average molecular weight is 520 g/mol. The van der Waals surface area contributed by atoms with Gasteiger partial charge in [-0.05, 0) is 44.9 Å². The van der Waals surface area contributed by atoms with Crippen molar-refractivity contribution in [3.8, 4) is 0 Å². The fourth-order valence-corrected chi connectivity index (χ4v) is 4.49. The van der Waals surface area contributed by atoms with Crippen molar-refractivity contribution in [2.45, 2.75) is 161 Å². The smallest absolute Gasteiger partial charge is 0.220 e. The maximum atomic E-state index is 12.2. The Balaban J connectivity index is 3.66. The molecular formula is C33H61NO3. The van der Waals surface area contributed by atoms with Crippen molar-refractivity contribution in [2.24, 2.45) is 0 Å². The predicted octanol–water partition coefficient (Wildman–Crippen LogP) is 8.72. The molecule has 2 unspecified atom stereocenters. The average Bonchev–Trinajstić information content (AvgIpc) is 2.90. The Morgan fingerprint density at radius 1 is 0.676 bits per heavy atom. The molecule has 0 aliphatic heterocycles. The summed E-state index contributed by atoms with van der Waals surface area (Å²) in [6, 6.07) is -0.541. The molecule has 216 valence electrons. The minimum Gasteiger partial charge on any atom is -0.394 e. The Kier molecular flexibility index (Phi) is 28.1. The van der Waals surface area contributed by atoms with Gasteiger partial charge in [0.1, 0.15) is 0 Å². The number of aliphatic hydroxyl groups excluding tert-OH is 2. The van der Waals surface area contributed by atoms with Gasteiger partial charge in [-0.3, -0.25) is 4.79 Å². The maximum absolute atomic E-state index is 12.2. The van der Waals surface area contributed by atoms with Gasteiger partial charge in [0.15, 0.2) is 0 Å². The lowest BCUT2D eigenvalue weighted by atomic mass is 10.0. The van der Waals surface area contributed by atoms with Gasteiger partial charge in [-0.1, -0.05) is 134 Å². The van der Waals surface area contributed by atoms with Crippen molar-refractivity contribution in [1.82, 2.24) is 5.32 Å². The highest BCUT2D eigenvalue weighted by atomic mass is 16.3. The van der Waals surface area contributed by atoms with Gasteiger partial charge >= 0.3 is 0 Å². The van der Waals surface area contributed by atoms with E-state index in [2.05, 4.69) is 55.6 Å². The highest BCUT2D eigenvalue weighted by Gasteiger charge is 2.19. The van der Waals surface area contributed by atoms with Gasteiger partial charge in [0.05, 0.1) is 18.8 Å². The van der Waals surface area contributed by atoms with Crippen LogP contribution in [-0.2, 0) is 4.79 Å². The topological polar surface area (TPSA) is 69.6 Å². The van der Waals surface area contributed by atoms with Crippen molar-refractivity contribution < 1.29 is 15.0 Å². The number of allylic oxidation sites excluding steroid dienone is 6. The van der Waals surface area contributed by atoms with E-state index in [9.17, 15) is 15.0 Å². The van der Waals surface area contributed by atoms with Gasteiger partial charge in [0.2, 0.25) is 5.91 Å². The second-order valence-corrected chi connectivity index (χ2v) is 10.5. The number of amides is 1. The Morgan fingerprint density at radius 3 is 1.78 bits per heavy atom. The van der Waals surface area contributed by atoms with Crippen LogP contribution in [0.15, 0.2) is 36.5 Å². The van der Waals surface area contributed by atoms with Crippen LogP contribution in [0.3, 0.4) is 0 Å². The summed E-state index contributed by atoms with van der Waals surface area (Å²) in [6.07, 6.45) is 36.1. The quantitative estimate of drug-likeness (QED) is 0.0750. The number of hydrogen-bond donors (Lipinski definition) is 3. The van der Waals surface area contributed by atoms with Crippen LogP contribution >= 0.6 is 0 Å². The van der Waals surface area contributed by atoms with E-state index in [1.54, 1.807) is 0 Å². The molecule has 0 aliphatic carbocycles. The van der Waals surface area contributed by atoms with E-state index in [1.165, 1.54) is 64.2 Å². The fraction of sp³-hybridized carbons (Fsp3) is 0.788.